The highest BCUT2D eigenvalue weighted by atomic mass is 19.4. The highest BCUT2D eigenvalue weighted by molar-refractivity contribution is 5.92. The van der Waals surface area contributed by atoms with Gasteiger partial charge in [0.1, 0.15) is 17.0 Å². The average Bonchev–Trinajstić information content (AvgIpc) is 2.79. The van der Waals surface area contributed by atoms with Gasteiger partial charge in [-0.15, -0.1) is 0 Å². The van der Waals surface area contributed by atoms with Crippen molar-refractivity contribution in [3.05, 3.63) is 36.0 Å². The molecule has 14 heteroatoms. The number of ether oxygens (including phenoxy) is 2. The molecule has 0 atom stereocenters. The van der Waals surface area contributed by atoms with Gasteiger partial charge < -0.3 is 25.4 Å². The molecule has 35 heavy (non-hydrogen) atoms. The number of benzene rings is 2. The third-order valence-electron chi connectivity index (χ3n) is 4.55. The standard InChI is InChI=1S/C19H18N6O3.C2HF3O2/c1-9-12-8-11(27-2)4-5-14(12)22-18(21-9)25-19-23-16-13(17(26)24-19)6-10(20)7-15(16)28-3;3-2(4,5)1(6)7/h4-8H,20H2,1-3H3,(H2,21,22,23,24,25,26);(H,6,7). The van der Waals surface area contributed by atoms with Crippen molar-refractivity contribution >= 4 is 45.4 Å². The number of hydrogen-bond donors (Lipinski definition) is 4. The normalized spacial score (nSPS) is 11.0. The van der Waals surface area contributed by atoms with Crippen molar-refractivity contribution in [1.29, 1.82) is 0 Å². The van der Waals surface area contributed by atoms with E-state index >= 15 is 0 Å². The molecule has 0 aliphatic rings. The van der Waals surface area contributed by atoms with Gasteiger partial charge in [-0.05, 0) is 31.2 Å². The molecule has 2 aromatic carbocycles. The summed E-state index contributed by atoms with van der Waals surface area (Å²) < 4.78 is 42.3. The molecule has 2 heterocycles. The molecule has 0 aliphatic carbocycles. The zero-order chi connectivity index (χ0) is 25.9. The Morgan fingerprint density at radius 2 is 1.66 bits per heavy atom. The van der Waals surface area contributed by atoms with Gasteiger partial charge >= 0.3 is 12.1 Å². The molecule has 4 rings (SSSR count). The number of anilines is 3. The molecule has 0 fully saturated rings. The fourth-order valence-electron chi connectivity index (χ4n) is 2.96. The molecular weight excluding hydrogens is 473 g/mol. The van der Waals surface area contributed by atoms with Crippen LogP contribution in [0.5, 0.6) is 17.4 Å². The largest absolute Gasteiger partial charge is 0.497 e. The molecule has 0 unspecified atom stereocenters. The maximum absolute atomic E-state index is 10.6. The lowest BCUT2D eigenvalue weighted by atomic mass is 10.2. The molecule has 0 spiro atoms. The summed E-state index contributed by atoms with van der Waals surface area (Å²) >= 11 is 0. The molecule has 0 amide bonds. The molecule has 11 nitrogen and oxygen atoms in total. The topological polar surface area (TPSA) is 166 Å². The molecule has 0 saturated carbocycles. The second-order valence-corrected chi connectivity index (χ2v) is 6.93. The fourth-order valence-corrected chi connectivity index (χ4v) is 2.96. The van der Waals surface area contributed by atoms with E-state index in [2.05, 4.69) is 25.3 Å². The van der Waals surface area contributed by atoms with Crippen molar-refractivity contribution in [2.24, 2.45) is 0 Å². The summed E-state index contributed by atoms with van der Waals surface area (Å²) in [6.07, 6.45) is -5.08. The van der Waals surface area contributed by atoms with Gasteiger partial charge in [-0.3, -0.25) is 5.32 Å². The van der Waals surface area contributed by atoms with Crippen LogP contribution in [0, 0.1) is 6.92 Å². The Labute approximate surface area is 195 Å². The minimum atomic E-state index is -5.08. The lowest BCUT2D eigenvalue weighted by Gasteiger charge is -2.11. The molecule has 0 bridgehead atoms. The predicted molar refractivity (Wildman–Crippen MR) is 120 cm³/mol. The number of nitrogens with zero attached hydrogens (tertiary/aromatic N) is 4. The fraction of sp³-hybridized carbons (Fsp3) is 0.190. The quantitative estimate of drug-likeness (QED) is 0.308. The zero-order valence-electron chi connectivity index (χ0n) is 18.5. The van der Waals surface area contributed by atoms with Gasteiger partial charge in [0.2, 0.25) is 17.8 Å². The van der Waals surface area contributed by atoms with Gasteiger partial charge in [0.05, 0.1) is 30.8 Å². The number of nitrogens with two attached hydrogens (primary N) is 1. The summed E-state index contributed by atoms with van der Waals surface area (Å²) in [5.41, 5.74) is 8.20. The van der Waals surface area contributed by atoms with Crippen LogP contribution in [-0.2, 0) is 4.79 Å². The van der Waals surface area contributed by atoms with E-state index in [1.807, 2.05) is 25.1 Å². The third-order valence-corrected chi connectivity index (χ3v) is 4.55. The Balaban J connectivity index is 0.000000429. The van der Waals surface area contributed by atoms with E-state index in [0.29, 0.717) is 28.3 Å². The number of methoxy groups -OCH3 is 2. The van der Waals surface area contributed by atoms with Crippen LogP contribution < -0.4 is 20.5 Å². The second-order valence-electron chi connectivity index (χ2n) is 6.93. The van der Waals surface area contributed by atoms with Gasteiger partial charge in [0, 0.05) is 17.1 Å². The third kappa shape index (κ3) is 5.66. The van der Waals surface area contributed by atoms with Crippen LogP contribution >= 0.6 is 0 Å². The maximum atomic E-state index is 10.6. The van der Waals surface area contributed by atoms with Crippen molar-refractivity contribution in [3.63, 3.8) is 0 Å². The number of aromatic nitrogens is 4. The Bertz CT molecular complexity index is 1410. The number of carboxylic acids is 1. The summed E-state index contributed by atoms with van der Waals surface area (Å²) in [5, 5.41) is 21.6. The van der Waals surface area contributed by atoms with E-state index in [1.54, 1.807) is 19.2 Å². The number of fused-ring (bicyclic) bond motifs is 2. The number of hydrogen-bond acceptors (Lipinski definition) is 10. The lowest BCUT2D eigenvalue weighted by Crippen LogP contribution is -2.21. The number of alkyl halides is 3. The summed E-state index contributed by atoms with van der Waals surface area (Å²) in [4.78, 5) is 26.3. The van der Waals surface area contributed by atoms with Gasteiger partial charge in [-0.25, -0.2) is 19.7 Å². The van der Waals surface area contributed by atoms with Crippen molar-refractivity contribution in [2.75, 3.05) is 25.3 Å². The summed E-state index contributed by atoms with van der Waals surface area (Å²) in [6, 6.07) is 8.76. The first-order valence-electron chi connectivity index (χ1n) is 9.66. The van der Waals surface area contributed by atoms with Crippen LogP contribution in [0.15, 0.2) is 30.3 Å². The van der Waals surface area contributed by atoms with Crippen LogP contribution in [0.4, 0.5) is 30.8 Å². The number of carbonyl (C=O) groups is 1. The zero-order valence-corrected chi connectivity index (χ0v) is 18.5. The first kappa shape index (κ1) is 25.0. The minimum absolute atomic E-state index is 0.139. The van der Waals surface area contributed by atoms with E-state index in [4.69, 9.17) is 25.1 Å². The summed E-state index contributed by atoms with van der Waals surface area (Å²) in [5.74, 6) is -1.37. The molecule has 184 valence electrons. The van der Waals surface area contributed by atoms with Crippen molar-refractivity contribution < 1.29 is 37.7 Å². The van der Waals surface area contributed by atoms with Gasteiger partial charge in [0.15, 0.2) is 0 Å². The predicted octanol–water partition coefficient (Wildman–Crippen LogP) is 3.56. The maximum Gasteiger partial charge on any atom is 0.490 e. The lowest BCUT2D eigenvalue weighted by molar-refractivity contribution is -0.192. The number of halogens is 3. The van der Waals surface area contributed by atoms with Gasteiger partial charge in [0.25, 0.3) is 0 Å². The highest BCUT2D eigenvalue weighted by Gasteiger charge is 2.38. The molecule has 0 aliphatic heterocycles. The number of aromatic hydroxyl groups is 1. The highest BCUT2D eigenvalue weighted by Crippen LogP contribution is 2.33. The molecule has 0 radical (unpaired) electrons. The van der Waals surface area contributed by atoms with E-state index in [1.165, 1.54) is 7.11 Å². The minimum Gasteiger partial charge on any atom is -0.497 e. The summed E-state index contributed by atoms with van der Waals surface area (Å²) in [6.45, 7) is 1.87. The van der Waals surface area contributed by atoms with Gasteiger partial charge in [-0.1, -0.05) is 0 Å². The Morgan fingerprint density at radius 3 is 2.26 bits per heavy atom. The Morgan fingerprint density at radius 1 is 1.00 bits per heavy atom. The number of nitrogens with one attached hydrogen (secondary N) is 1. The summed E-state index contributed by atoms with van der Waals surface area (Å²) in [7, 11) is 3.11. The monoisotopic (exact) mass is 492 g/mol. The van der Waals surface area contributed by atoms with Crippen molar-refractivity contribution in [2.45, 2.75) is 13.1 Å². The first-order valence-corrected chi connectivity index (χ1v) is 9.66. The van der Waals surface area contributed by atoms with E-state index in [9.17, 15) is 18.3 Å². The number of aryl methyl sites for hydroxylation is 1. The molecular formula is C21H19F3N6O5. The average molecular weight is 492 g/mol. The number of nitrogen functional groups attached to an aromatic ring is 1. The van der Waals surface area contributed by atoms with Crippen LogP contribution in [0.1, 0.15) is 5.69 Å². The van der Waals surface area contributed by atoms with E-state index < -0.39 is 12.1 Å². The Kier molecular flexibility index (Phi) is 6.93. The molecule has 4 aromatic rings. The van der Waals surface area contributed by atoms with Crippen molar-refractivity contribution in [1.82, 2.24) is 19.9 Å². The molecule has 2 aromatic heterocycles. The Hall–Kier alpha value is -4.62. The molecule has 0 saturated heterocycles. The van der Waals surface area contributed by atoms with Gasteiger partial charge in [-0.2, -0.15) is 18.2 Å². The number of aliphatic carboxylic acids is 1. The number of carboxylic acid groups (broad SMARTS) is 1. The smallest absolute Gasteiger partial charge is 0.490 e. The second kappa shape index (κ2) is 9.70. The molecule has 5 N–H and O–H groups in total. The number of rotatable bonds is 4. The first-order chi connectivity index (χ1) is 16.4. The van der Waals surface area contributed by atoms with Crippen LogP contribution in [-0.4, -0.2) is 56.5 Å². The van der Waals surface area contributed by atoms with E-state index in [0.717, 1.165) is 22.3 Å². The van der Waals surface area contributed by atoms with E-state index in [-0.39, 0.29) is 11.8 Å². The SMILES string of the molecule is COc1ccc2nc(Nc3nc(O)c4cc(N)cc(OC)c4n3)nc(C)c2c1.O=C(O)C(F)(F)F. The van der Waals surface area contributed by atoms with Crippen LogP contribution in [0.25, 0.3) is 21.8 Å². The van der Waals surface area contributed by atoms with Crippen molar-refractivity contribution in [3.8, 4) is 17.4 Å². The van der Waals surface area contributed by atoms with Crippen LogP contribution in [0.2, 0.25) is 0 Å². The van der Waals surface area contributed by atoms with Crippen LogP contribution in [0.3, 0.4) is 0 Å².